The van der Waals surface area contributed by atoms with E-state index in [4.69, 9.17) is 39.1 Å². The lowest BCUT2D eigenvalue weighted by molar-refractivity contribution is -0.140. The quantitative estimate of drug-likeness (QED) is 0.700. The third kappa shape index (κ3) is 4.01. The van der Waals surface area contributed by atoms with Gasteiger partial charge in [-0.15, -0.1) is 0 Å². The normalized spacial score (nSPS) is 10.1. The predicted octanol–water partition coefficient (Wildman–Crippen LogP) is 1.19. The van der Waals surface area contributed by atoms with Crippen molar-refractivity contribution in [2.24, 2.45) is 0 Å². The highest BCUT2D eigenvalue weighted by molar-refractivity contribution is 6.39. The van der Waals surface area contributed by atoms with Crippen LogP contribution in [0.25, 0.3) is 0 Å². The fourth-order valence-electron chi connectivity index (χ4n) is 1.42. The van der Waals surface area contributed by atoms with Gasteiger partial charge in [-0.25, -0.2) is 0 Å². The fraction of sp³-hybridized carbons (Fsp3) is 0.182. The van der Waals surface area contributed by atoms with E-state index in [0.717, 1.165) is 0 Å². The Labute approximate surface area is 123 Å². The molecule has 0 aliphatic rings. The molecule has 1 aromatic carbocycles. The van der Waals surface area contributed by atoms with Gasteiger partial charge in [0, 0.05) is 5.56 Å². The Morgan fingerprint density at radius 3 is 1.80 bits per heavy atom. The minimum Gasteiger partial charge on any atom is -0.480 e. The summed E-state index contributed by atoms with van der Waals surface area (Å²) >= 11 is 11.5. The summed E-state index contributed by atoms with van der Waals surface area (Å²) in [7, 11) is 0. The average molecular weight is 321 g/mol. The molecule has 1 amide bonds. The van der Waals surface area contributed by atoms with E-state index in [1.165, 1.54) is 12.1 Å². The van der Waals surface area contributed by atoms with Gasteiger partial charge in [-0.05, 0) is 12.1 Å². The summed E-state index contributed by atoms with van der Waals surface area (Å²) in [6.07, 6.45) is 0. The van der Waals surface area contributed by atoms with Gasteiger partial charge in [-0.2, -0.15) is 0 Å². The molecular formula is C11H10Cl2N2O5. The van der Waals surface area contributed by atoms with Crippen LogP contribution >= 0.6 is 23.2 Å². The van der Waals surface area contributed by atoms with Crippen LogP contribution in [0.3, 0.4) is 0 Å². The number of rotatable bonds is 5. The molecule has 0 aliphatic heterocycles. The standard InChI is InChI=1S/C11H10Cl2N2O5/c12-6-1-5(2-7(13)10(6)14)11(20)15(3-8(16)17)4-9(18)19/h1-2H,3-4,14H2,(H,16,17)(H,18,19). The molecule has 0 aliphatic carbocycles. The maximum atomic E-state index is 12.1. The molecule has 0 unspecified atom stereocenters. The lowest BCUT2D eigenvalue weighted by atomic mass is 10.1. The lowest BCUT2D eigenvalue weighted by Crippen LogP contribution is -2.39. The fourth-order valence-corrected chi connectivity index (χ4v) is 1.90. The second-order valence-corrected chi connectivity index (χ2v) is 4.62. The molecule has 0 spiro atoms. The van der Waals surface area contributed by atoms with E-state index in [2.05, 4.69) is 0 Å². The van der Waals surface area contributed by atoms with E-state index in [9.17, 15) is 14.4 Å². The number of hydrogen-bond donors (Lipinski definition) is 3. The third-order valence-corrected chi connectivity index (χ3v) is 2.89. The minimum atomic E-state index is -1.34. The average Bonchev–Trinajstić information content (AvgIpc) is 2.32. The van der Waals surface area contributed by atoms with E-state index in [1.807, 2.05) is 0 Å². The van der Waals surface area contributed by atoms with E-state index < -0.39 is 30.9 Å². The first-order valence-corrected chi connectivity index (χ1v) is 5.95. The summed E-state index contributed by atoms with van der Waals surface area (Å²) in [4.78, 5) is 34.0. The number of carbonyl (C=O) groups is 3. The highest BCUT2D eigenvalue weighted by Crippen LogP contribution is 2.29. The largest absolute Gasteiger partial charge is 0.480 e. The maximum Gasteiger partial charge on any atom is 0.323 e. The number of carbonyl (C=O) groups excluding carboxylic acids is 1. The number of carboxylic acids is 2. The van der Waals surface area contributed by atoms with Crippen molar-refractivity contribution in [1.82, 2.24) is 4.90 Å². The van der Waals surface area contributed by atoms with E-state index >= 15 is 0 Å². The summed E-state index contributed by atoms with van der Waals surface area (Å²) in [5, 5.41) is 17.4. The van der Waals surface area contributed by atoms with Crippen molar-refractivity contribution >= 4 is 46.7 Å². The van der Waals surface area contributed by atoms with Crippen LogP contribution in [0.15, 0.2) is 12.1 Å². The second-order valence-electron chi connectivity index (χ2n) is 3.80. The Balaban J connectivity index is 3.11. The van der Waals surface area contributed by atoms with Crippen LogP contribution in [0.2, 0.25) is 10.0 Å². The molecule has 0 radical (unpaired) electrons. The van der Waals surface area contributed by atoms with Gasteiger partial charge in [0.2, 0.25) is 0 Å². The van der Waals surface area contributed by atoms with Gasteiger partial charge in [0.25, 0.3) is 5.91 Å². The SMILES string of the molecule is Nc1c(Cl)cc(C(=O)N(CC(=O)O)CC(=O)O)cc1Cl. The zero-order chi connectivity index (χ0) is 15.4. The van der Waals surface area contributed by atoms with Gasteiger partial charge in [0.1, 0.15) is 13.1 Å². The molecule has 1 rings (SSSR count). The summed E-state index contributed by atoms with van der Waals surface area (Å²) < 4.78 is 0. The zero-order valence-corrected chi connectivity index (χ0v) is 11.5. The maximum absolute atomic E-state index is 12.1. The van der Waals surface area contributed by atoms with Crippen LogP contribution in [0.5, 0.6) is 0 Å². The number of amides is 1. The molecular weight excluding hydrogens is 311 g/mol. The monoisotopic (exact) mass is 320 g/mol. The van der Waals surface area contributed by atoms with Gasteiger partial charge in [-0.3, -0.25) is 14.4 Å². The number of benzene rings is 1. The van der Waals surface area contributed by atoms with Crippen molar-refractivity contribution in [2.45, 2.75) is 0 Å². The van der Waals surface area contributed by atoms with Crippen LogP contribution in [0.4, 0.5) is 5.69 Å². The van der Waals surface area contributed by atoms with E-state index in [0.29, 0.717) is 4.90 Å². The summed E-state index contributed by atoms with van der Waals surface area (Å²) in [6, 6.07) is 2.39. The summed E-state index contributed by atoms with van der Waals surface area (Å²) in [5.74, 6) is -3.50. The van der Waals surface area contributed by atoms with Gasteiger partial charge < -0.3 is 20.8 Å². The molecule has 4 N–H and O–H groups in total. The Hall–Kier alpha value is -1.99. The highest BCUT2D eigenvalue weighted by Gasteiger charge is 2.22. The highest BCUT2D eigenvalue weighted by atomic mass is 35.5. The van der Waals surface area contributed by atoms with Gasteiger partial charge in [0.15, 0.2) is 0 Å². The number of aliphatic carboxylic acids is 2. The van der Waals surface area contributed by atoms with Crippen molar-refractivity contribution in [3.05, 3.63) is 27.7 Å². The molecule has 7 nitrogen and oxygen atoms in total. The molecule has 0 saturated heterocycles. The number of carboxylic acid groups (broad SMARTS) is 2. The van der Waals surface area contributed by atoms with Crippen molar-refractivity contribution in [2.75, 3.05) is 18.8 Å². The first-order valence-electron chi connectivity index (χ1n) is 5.19. The first-order chi connectivity index (χ1) is 9.22. The second kappa shape index (κ2) is 6.44. The number of halogens is 2. The molecule has 1 aromatic rings. The molecule has 0 heterocycles. The molecule has 9 heteroatoms. The van der Waals surface area contributed by atoms with Crippen molar-refractivity contribution in [3.8, 4) is 0 Å². The van der Waals surface area contributed by atoms with Crippen molar-refractivity contribution in [1.29, 1.82) is 0 Å². The first kappa shape index (κ1) is 16.1. The number of nitrogen functional groups attached to an aromatic ring is 1. The lowest BCUT2D eigenvalue weighted by Gasteiger charge is -2.19. The molecule has 108 valence electrons. The van der Waals surface area contributed by atoms with Gasteiger partial charge in [0.05, 0.1) is 15.7 Å². The zero-order valence-electron chi connectivity index (χ0n) is 9.97. The number of anilines is 1. The Morgan fingerprint density at radius 1 is 1.05 bits per heavy atom. The molecule has 0 bridgehead atoms. The molecule has 20 heavy (non-hydrogen) atoms. The Morgan fingerprint density at radius 2 is 1.45 bits per heavy atom. The molecule has 0 atom stereocenters. The number of hydrogen-bond acceptors (Lipinski definition) is 4. The topological polar surface area (TPSA) is 121 Å². The van der Waals surface area contributed by atoms with Crippen LogP contribution in [0.1, 0.15) is 10.4 Å². The molecule has 0 aromatic heterocycles. The van der Waals surface area contributed by atoms with Crippen LogP contribution in [-0.4, -0.2) is 46.0 Å². The van der Waals surface area contributed by atoms with Crippen molar-refractivity contribution < 1.29 is 24.6 Å². The molecule has 0 saturated carbocycles. The molecule has 0 fully saturated rings. The number of nitrogens with zero attached hydrogens (tertiary/aromatic N) is 1. The van der Waals surface area contributed by atoms with Crippen LogP contribution < -0.4 is 5.73 Å². The number of nitrogens with two attached hydrogens (primary N) is 1. The van der Waals surface area contributed by atoms with Gasteiger partial charge >= 0.3 is 11.9 Å². The van der Waals surface area contributed by atoms with E-state index in [1.54, 1.807) is 0 Å². The minimum absolute atomic E-state index is 0.0199. The van der Waals surface area contributed by atoms with Crippen LogP contribution in [0, 0.1) is 0 Å². The third-order valence-electron chi connectivity index (χ3n) is 2.27. The summed E-state index contributed by atoms with van der Waals surface area (Å²) in [6.45, 7) is -1.52. The Bertz CT molecular complexity index is 537. The van der Waals surface area contributed by atoms with E-state index in [-0.39, 0.29) is 21.3 Å². The van der Waals surface area contributed by atoms with Crippen LogP contribution in [-0.2, 0) is 9.59 Å². The van der Waals surface area contributed by atoms with Crippen molar-refractivity contribution in [3.63, 3.8) is 0 Å². The van der Waals surface area contributed by atoms with Gasteiger partial charge in [-0.1, -0.05) is 23.2 Å². The Kier molecular flexibility index (Phi) is 5.18. The predicted molar refractivity (Wildman–Crippen MR) is 72.0 cm³/mol. The summed E-state index contributed by atoms with van der Waals surface area (Å²) in [5.41, 5.74) is 5.54. The smallest absolute Gasteiger partial charge is 0.323 e.